The number of ether oxygens (including phenoxy) is 1. The Hall–Kier alpha value is -2.43. The van der Waals surface area contributed by atoms with Gasteiger partial charge in [-0.15, -0.1) is 0 Å². The van der Waals surface area contributed by atoms with Crippen molar-refractivity contribution >= 4 is 22.8 Å². The fourth-order valence-corrected chi connectivity index (χ4v) is 4.97. The Labute approximate surface area is 172 Å². The van der Waals surface area contributed by atoms with Gasteiger partial charge in [-0.05, 0) is 70.4 Å². The summed E-state index contributed by atoms with van der Waals surface area (Å²) in [7, 11) is 0. The molecule has 0 saturated carbocycles. The quantitative estimate of drug-likeness (QED) is 0.570. The van der Waals surface area contributed by atoms with Gasteiger partial charge in [-0.1, -0.05) is 24.6 Å². The Morgan fingerprint density at radius 1 is 1.03 bits per heavy atom. The third-order valence-electron chi connectivity index (χ3n) is 6.43. The van der Waals surface area contributed by atoms with Crippen molar-refractivity contribution in [1.82, 2.24) is 9.88 Å². The minimum Gasteiger partial charge on any atom is -0.452 e. The molecule has 2 aliphatic rings. The first-order valence-corrected chi connectivity index (χ1v) is 10.9. The lowest BCUT2D eigenvalue weighted by Crippen LogP contribution is -2.49. The molecule has 2 atom stereocenters. The molecule has 1 aromatic carbocycles. The first-order chi connectivity index (χ1) is 14.1. The molecule has 1 fully saturated rings. The van der Waals surface area contributed by atoms with Crippen molar-refractivity contribution in [2.45, 2.75) is 77.3 Å². The predicted molar refractivity (Wildman–Crippen MR) is 113 cm³/mol. The van der Waals surface area contributed by atoms with Crippen molar-refractivity contribution in [3.05, 3.63) is 41.1 Å². The van der Waals surface area contributed by atoms with Crippen molar-refractivity contribution in [2.24, 2.45) is 0 Å². The monoisotopic (exact) mass is 394 g/mol. The van der Waals surface area contributed by atoms with Crippen LogP contribution in [0.2, 0.25) is 0 Å². The van der Waals surface area contributed by atoms with Gasteiger partial charge in [0, 0.05) is 23.2 Å². The predicted octanol–water partition coefficient (Wildman–Crippen LogP) is 4.45. The molecule has 154 valence electrons. The summed E-state index contributed by atoms with van der Waals surface area (Å²) in [6.45, 7) is 3.95. The third-order valence-corrected chi connectivity index (χ3v) is 6.43. The molecule has 2 heterocycles. The highest BCUT2D eigenvalue weighted by Gasteiger charge is 2.30. The number of rotatable bonds is 3. The van der Waals surface area contributed by atoms with Gasteiger partial charge in [-0.25, -0.2) is 4.79 Å². The van der Waals surface area contributed by atoms with Gasteiger partial charge < -0.3 is 9.64 Å². The number of carbonyl (C=O) groups excluding carboxylic acids is 2. The molecular formula is C24H30N2O3. The molecule has 2 aromatic rings. The maximum atomic E-state index is 13.2. The van der Waals surface area contributed by atoms with E-state index in [1.807, 2.05) is 29.2 Å². The number of fused-ring (bicyclic) bond motifs is 2. The van der Waals surface area contributed by atoms with Crippen LogP contribution in [0, 0.1) is 0 Å². The number of carbonyl (C=O) groups is 2. The fraction of sp³-hybridized carbons (Fsp3) is 0.542. The lowest BCUT2D eigenvalue weighted by Gasteiger charge is -2.38. The van der Waals surface area contributed by atoms with Crippen LogP contribution >= 0.6 is 0 Å². The van der Waals surface area contributed by atoms with Crippen molar-refractivity contribution in [3.63, 3.8) is 0 Å². The molecule has 0 unspecified atom stereocenters. The number of aromatic nitrogens is 1. The summed E-state index contributed by atoms with van der Waals surface area (Å²) in [5.74, 6) is -0.491. The maximum absolute atomic E-state index is 13.2. The average Bonchev–Trinajstić information content (AvgIpc) is 2.95. The van der Waals surface area contributed by atoms with Crippen LogP contribution in [0.4, 0.5) is 0 Å². The summed E-state index contributed by atoms with van der Waals surface area (Å²) in [6.07, 6.45) is 8.17. The van der Waals surface area contributed by atoms with Gasteiger partial charge >= 0.3 is 5.97 Å². The van der Waals surface area contributed by atoms with E-state index < -0.39 is 5.97 Å². The number of piperidine rings is 1. The lowest BCUT2D eigenvalue weighted by atomic mass is 9.97. The number of benzene rings is 1. The van der Waals surface area contributed by atoms with E-state index in [4.69, 9.17) is 9.72 Å². The van der Waals surface area contributed by atoms with Crippen LogP contribution in [0.25, 0.3) is 10.9 Å². The van der Waals surface area contributed by atoms with E-state index in [1.165, 1.54) is 0 Å². The van der Waals surface area contributed by atoms with Crippen LogP contribution in [-0.2, 0) is 22.4 Å². The highest BCUT2D eigenvalue weighted by Crippen LogP contribution is 2.29. The number of pyridine rings is 1. The molecule has 0 spiro atoms. The molecule has 4 rings (SSSR count). The Morgan fingerprint density at radius 2 is 1.76 bits per heavy atom. The molecule has 5 nitrogen and oxygen atoms in total. The van der Waals surface area contributed by atoms with E-state index in [2.05, 4.69) is 13.8 Å². The Bertz CT molecular complexity index is 914. The molecular weight excluding hydrogens is 364 g/mol. The number of amides is 1. The lowest BCUT2D eigenvalue weighted by molar-refractivity contribution is -0.140. The van der Waals surface area contributed by atoms with E-state index in [9.17, 15) is 9.59 Å². The van der Waals surface area contributed by atoms with E-state index in [-0.39, 0.29) is 24.6 Å². The summed E-state index contributed by atoms with van der Waals surface area (Å²) in [6, 6.07) is 8.13. The standard InChI is InChI=1S/C24H30N2O3/c1-16-9-8-10-17(2)26(16)22(27)15-29-24(28)23-18-11-4-3-5-13-20(18)25-21-14-7-6-12-19(21)23/h6-7,12,14,16-17H,3-5,8-11,13,15H2,1-2H3/t16-,17-/m0/s1. The molecule has 1 aliphatic carbocycles. The summed E-state index contributed by atoms with van der Waals surface area (Å²) < 4.78 is 5.60. The average molecular weight is 395 g/mol. The molecule has 0 radical (unpaired) electrons. The summed E-state index contributed by atoms with van der Waals surface area (Å²) in [5, 5.41) is 0.824. The van der Waals surface area contributed by atoms with Crippen LogP contribution in [0.5, 0.6) is 0 Å². The second-order valence-electron chi connectivity index (χ2n) is 8.50. The van der Waals surface area contributed by atoms with Crippen molar-refractivity contribution in [2.75, 3.05) is 6.61 Å². The van der Waals surface area contributed by atoms with Gasteiger partial charge in [-0.3, -0.25) is 9.78 Å². The molecule has 29 heavy (non-hydrogen) atoms. The smallest absolute Gasteiger partial charge is 0.339 e. The first kappa shape index (κ1) is 19.9. The topological polar surface area (TPSA) is 59.5 Å². The Morgan fingerprint density at radius 3 is 2.55 bits per heavy atom. The zero-order chi connectivity index (χ0) is 20.4. The number of likely N-dealkylation sites (tertiary alicyclic amines) is 1. The van der Waals surface area contributed by atoms with Gasteiger partial charge in [0.2, 0.25) is 0 Å². The first-order valence-electron chi connectivity index (χ1n) is 10.9. The fourth-order valence-electron chi connectivity index (χ4n) is 4.97. The van der Waals surface area contributed by atoms with Crippen molar-refractivity contribution in [3.8, 4) is 0 Å². The molecule has 0 bridgehead atoms. The largest absolute Gasteiger partial charge is 0.452 e. The molecule has 1 amide bonds. The molecule has 1 aromatic heterocycles. The van der Waals surface area contributed by atoms with E-state index >= 15 is 0 Å². The molecule has 1 aliphatic heterocycles. The van der Waals surface area contributed by atoms with Gasteiger partial charge in [0.25, 0.3) is 5.91 Å². The summed E-state index contributed by atoms with van der Waals surface area (Å²) >= 11 is 0. The van der Waals surface area contributed by atoms with Gasteiger partial charge in [0.15, 0.2) is 6.61 Å². The van der Waals surface area contributed by atoms with E-state index in [0.29, 0.717) is 5.56 Å². The van der Waals surface area contributed by atoms with E-state index in [1.54, 1.807) is 0 Å². The Kier molecular flexibility index (Phi) is 5.84. The number of hydrogen-bond donors (Lipinski definition) is 0. The minimum atomic E-state index is -0.396. The number of esters is 1. The van der Waals surface area contributed by atoms with Gasteiger partial charge in [-0.2, -0.15) is 0 Å². The zero-order valence-electron chi connectivity index (χ0n) is 17.4. The van der Waals surface area contributed by atoms with Crippen molar-refractivity contribution in [1.29, 1.82) is 0 Å². The highest BCUT2D eigenvalue weighted by molar-refractivity contribution is 6.05. The highest BCUT2D eigenvalue weighted by atomic mass is 16.5. The van der Waals surface area contributed by atoms with Crippen LogP contribution < -0.4 is 0 Å². The maximum Gasteiger partial charge on any atom is 0.339 e. The molecule has 0 N–H and O–H groups in total. The number of aryl methyl sites for hydroxylation is 1. The summed E-state index contributed by atoms with van der Waals surface area (Å²) in [5.41, 5.74) is 3.46. The van der Waals surface area contributed by atoms with Crippen molar-refractivity contribution < 1.29 is 14.3 Å². The normalized spacial score (nSPS) is 22.1. The van der Waals surface area contributed by atoms with Crippen LogP contribution in [0.3, 0.4) is 0 Å². The van der Waals surface area contributed by atoms with Crippen LogP contribution in [0.15, 0.2) is 24.3 Å². The minimum absolute atomic E-state index is 0.0949. The van der Waals surface area contributed by atoms with Crippen LogP contribution in [-0.4, -0.2) is 40.5 Å². The Balaban J connectivity index is 1.60. The zero-order valence-corrected chi connectivity index (χ0v) is 17.4. The van der Waals surface area contributed by atoms with E-state index in [0.717, 1.165) is 73.5 Å². The SMILES string of the molecule is C[C@H]1CCC[C@H](C)N1C(=O)COC(=O)c1c2c(nc3ccccc13)CCCCC2. The number of hydrogen-bond acceptors (Lipinski definition) is 4. The molecule has 1 saturated heterocycles. The summed E-state index contributed by atoms with van der Waals surface area (Å²) in [4.78, 5) is 32.7. The molecule has 5 heteroatoms. The number of nitrogens with zero attached hydrogens (tertiary/aromatic N) is 2. The van der Waals surface area contributed by atoms with Gasteiger partial charge in [0.05, 0.1) is 11.1 Å². The second kappa shape index (κ2) is 8.52. The number of para-hydroxylation sites is 1. The van der Waals surface area contributed by atoms with Gasteiger partial charge in [0.1, 0.15) is 0 Å². The van der Waals surface area contributed by atoms with Crippen LogP contribution in [0.1, 0.15) is 74.0 Å². The second-order valence-corrected chi connectivity index (χ2v) is 8.50. The third kappa shape index (κ3) is 4.00.